The molecule has 2 N–H and O–H groups in total. The second-order valence-corrected chi connectivity index (χ2v) is 3.87. The maximum Gasteiger partial charge on any atom is 0.0615 e. The number of hydrogen-bond donors (Lipinski definition) is 1. The molecule has 2 unspecified atom stereocenters. The van der Waals surface area contributed by atoms with E-state index in [4.69, 9.17) is 10.5 Å². The fourth-order valence-corrected chi connectivity index (χ4v) is 2.05. The number of rotatable bonds is 4. The monoisotopic (exact) mass is 195 g/mol. The molecule has 2 nitrogen and oxygen atoms in total. The molecule has 0 radical (unpaired) electrons. The molecule has 0 heterocycles. The summed E-state index contributed by atoms with van der Waals surface area (Å²) in [5.74, 6) is 6.47. The zero-order valence-corrected chi connectivity index (χ0v) is 9.09. The van der Waals surface area contributed by atoms with E-state index in [1.807, 2.05) is 6.92 Å². The molecule has 0 aromatic rings. The Bertz CT molecular complexity index is 204. The minimum absolute atomic E-state index is 0.396. The number of hydrogen-bond acceptors (Lipinski definition) is 2. The van der Waals surface area contributed by atoms with E-state index in [9.17, 15) is 0 Å². The average molecular weight is 195 g/mol. The van der Waals surface area contributed by atoms with Crippen molar-refractivity contribution < 1.29 is 4.74 Å². The van der Waals surface area contributed by atoms with Crippen LogP contribution in [0.1, 0.15) is 39.0 Å². The van der Waals surface area contributed by atoms with Crippen LogP contribution in [0.15, 0.2) is 0 Å². The van der Waals surface area contributed by atoms with Crippen molar-refractivity contribution in [2.45, 2.75) is 45.1 Å². The summed E-state index contributed by atoms with van der Waals surface area (Å²) in [6.07, 6.45) is 6.27. The molecule has 0 amide bonds. The van der Waals surface area contributed by atoms with Gasteiger partial charge in [-0.25, -0.2) is 0 Å². The molecule has 1 rings (SSSR count). The first-order valence-corrected chi connectivity index (χ1v) is 5.59. The third-order valence-electron chi connectivity index (χ3n) is 2.88. The minimum Gasteiger partial charge on any atom is -0.377 e. The molecule has 1 aliphatic carbocycles. The molecular weight excluding hydrogens is 174 g/mol. The van der Waals surface area contributed by atoms with Crippen LogP contribution in [0.5, 0.6) is 0 Å². The topological polar surface area (TPSA) is 35.2 Å². The van der Waals surface area contributed by atoms with Crippen LogP contribution in [0.4, 0.5) is 0 Å². The first kappa shape index (κ1) is 11.6. The summed E-state index contributed by atoms with van der Waals surface area (Å²) in [7, 11) is 0. The summed E-state index contributed by atoms with van der Waals surface area (Å²) in [5.41, 5.74) is 5.72. The van der Waals surface area contributed by atoms with Crippen LogP contribution in [-0.2, 0) is 4.74 Å². The summed E-state index contributed by atoms with van der Waals surface area (Å²) in [6.45, 7) is 3.40. The van der Waals surface area contributed by atoms with Gasteiger partial charge in [0.2, 0.25) is 0 Å². The molecular formula is C12H21NO. The Morgan fingerprint density at radius 2 is 2.14 bits per heavy atom. The average Bonchev–Trinajstić information content (AvgIpc) is 2.25. The highest BCUT2D eigenvalue weighted by atomic mass is 16.5. The van der Waals surface area contributed by atoms with E-state index in [1.54, 1.807) is 0 Å². The highest BCUT2D eigenvalue weighted by Crippen LogP contribution is 2.25. The van der Waals surface area contributed by atoms with Gasteiger partial charge in [-0.3, -0.25) is 0 Å². The fourth-order valence-electron chi connectivity index (χ4n) is 2.05. The van der Waals surface area contributed by atoms with Crippen molar-refractivity contribution in [3.8, 4) is 11.8 Å². The Hall–Kier alpha value is -0.520. The predicted octanol–water partition coefficient (Wildman–Crippen LogP) is 1.93. The molecule has 0 aliphatic heterocycles. The lowest BCUT2D eigenvalue weighted by atomic mass is 9.86. The molecule has 80 valence electrons. The molecule has 0 saturated heterocycles. The van der Waals surface area contributed by atoms with Gasteiger partial charge in [0.05, 0.1) is 12.7 Å². The van der Waals surface area contributed by atoms with Gasteiger partial charge in [0.15, 0.2) is 0 Å². The van der Waals surface area contributed by atoms with Crippen molar-refractivity contribution in [1.29, 1.82) is 0 Å². The second-order valence-electron chi connectivity index (χ2n) is 3.87. The van der Waals surface area contributed by atoms with E-state index in [0.717, 1.165) is 19.6 Å². The molecule has 2 atom stereocenters. The van der Waals surface area contributed by atoms with Crippen LogP contribution in [-0.4, -0.2) is 19.3 Å². The van der Waals surface area contributed by atoms with E-state index in [0.29, 0.717) is 12.0 Å². The van der Waals surface area contributed by atoms with Gasteiger partial charge in [0, 0.05) is 6.42 Å². The van der Waals surface area contributed by atoms with E-state index in [-0.39, 0.29) is 0 Å². The van der Waals surface area contributed by atoms with Gasteiger partial charge >= 0.3 is 0 Å². The molecule has 0 aromatic heterocycles. The summed E-state index contributed by atoms with van der Waals surface area (Å²) in [6, 6.07) is 0. The van der Waals surface area contributed by atoms with Crippen LogP contribution in [0.3, 0.4) is 0 Å². The normalized spacial score (nSPS) is 26.7. The van der Waals surface area contributed by atoms with Crippen LogP contribution < -0.4 is 5.73 Å². The third kappa shape index (κ3) is 3.69. The summed E-state index contributed by atoms with van der Waals surface area (Å²) >= 11 is 0. The molecule has 1 aliphatic rings. The Morgan fingerprint density at radius 1 is 1.36 bits per heavy atom. The number of ether oxygens (including phenoxy) is 1. The Kier molecular flexibility index (Phi) is 5.66. The largest absolute Gasteiger partial charge is 0.377 e. The summed E-state index contributed by atoms with van der Waals surface area (Å²) in [4.78, 5) is 0. The van der Waals surface area contributed by atoms with Crippen LogP contribution >= 0.6 is 0 Å². The predicted molar refractivity (Wildman–Crippen MR) is 58.8 cm³/mol. The fraction of sp³-hybridized carbons (Fsp3) is 0.833. The maximum absolute atomic E-state index is 5.81. The smallest absolute Gasteiger partial charge is 0.0615 e. The second kappa shape index (κ2) is 6.86. The van der Waals surface area contributed by atoms with Crippen molar-refractivity contribution in [3.05, 3.63) is 0 Å². The van der Waals surface area contributed by atoms with Gasteiger partial charge < -0.3 is 10.5 Å². The molecule has 1 fully saturated rings. The van der Waals surface area contributed by atoms with Crippen LogP contribution in [0, 0.1) is 17.8 Å². The van der Waals surface area contributed by atoms with Crippen molar-refractivity contribution in [3.63, 3.8) is 0 Å². The van der Waals surface area contributed by atoms with E-state index >= 15 is 0 Å². The first-order chi connectivity index (χ1) is 6.88. The summed E-state index contributed by atoms with van der Waals surface area (Å²) in [5, 5.41) is 0. The van der Waals surface area contributed by atoms with Crippen LogP contribution in [0.25, 0.3) is 0 Å². The van der Waals surface area contributed by atoms with Crippen molar-refractivity contribution in [1.82, 2.24) is 0 Å². The molecule has 0 spiro atoms. The lowest BCUT2D eigenvalue weighted by molar-refractivity contribution is -0.00501. The number of nitrogens with two attached hydrogens (primary N) is 1. The molecule has 0 aromatic carbocycles. The molecule has 1 saturated carbocycles. The highest BCUT2D eigenvalue weighted by Gasteiger charge is 2.23. The lowest BCUT2D eigenvalue weighted by Gasteiger charge is -2.30. The quantitative estimate of drug-likeness (QED) is 0.549. The first-order valence-electron chi connectivity index (χ1n) is 5.59. The highest BCUT2D eigenvalue weighted by molar-refractivity contribution is 4.94. The van der Waals surface area contributed by atoms with E-state index in [1.165, 1.54) is 25.7 Å². The minimum atomic E-state index is 0.396. The van der Waals surface area contributed by atoms with Gasteiger partial charge in [-0.1, -0.05) is 12.8 Å². The zero-order valence-electron chi connectivity index (χ0n) is 9.09. The third-order valence-corrected chi connectivity index (χ3v) is 2.88. The van der Waals surface area contributed by atoms with Gasteiger partial charge in [-0.2, -0.15) is 0 Å². The summed E-state index contributed by atoms with van der Waals surface area (Å²) < 4.78 is 5.81. The zero-order chi connectivity index (χ0) is 10.2. The Balaban J connectivity index is 2.21. The van der Waals surface area contributed by atoms with E-state index < -0.39 is 0 Å². The van der Waals surface area contributed by atoms with Crippen LogP contribution in [0.2, 0.25) is 0 Å². The van der Waals surface area contributed by atoms with Crippen molar-refractivity contribution >= 4 is 0 Å². The SMILES string of the molecule is CC#CCCOC1CCCCC1CN. The standard InChI is InChI=1S/C12H21NO/c1-2-3-6-9-14-12-8-5-4-7-11(12)10-13/h11-12H,4-10,13H2,1H3. The van der Waals surface area contributed by atoms with E-state index in [2.05, 4.69) is 11.8 Å². The van der Waals surface area contributed by atoms with Gasteiger partial charge in [0.1, 0.15) is 0 Å². The van der Waals surface area contributed by atoms with Gasteiger partial charge in [0.25, 0.3) is 0 Å². The van der Waals surface area contributed by atoms with Crippen molar-refractivity contribution in [2.75, 3.05) is 13.2 Å². The Labute approximate surface area is 87.2 Å². The van der Waals surface area contributed by atoms with Gasteiger partial charge in [-0.15, -0.1) is 11.8 Å². The molecule has 2 heteroatoms. The van der Waals surface area contributed by atoms with Gasteiger partial charge in [-0.05, 0) is 32.2 Å². The van der Waals surface area contributed by atoms with Crippen molar-refractivity contribution in [2.24, 2.45) is 11.7 Å². The molecule has 0 bridgehead atoms. The molecule has 14 heavy (non-hydrogen) atoms. The Morgan fingerprint density at radius 3 is 2.86 bits per heavy atom. The lowest BCUT2D eigenvalue weighted by Crippen LogP contribution is -2.33. The maximum atomic E-state index is 5.81.